The molecule has 0 atom stereocenters. The second kappa shape index (κ2) is 4.15. The summed E-state index contributed by atoms with van der Waals surface area (Å²) in [6, 6.07) is 0. The van der Waals surface area contributed by atoms with Crippen LogP contribution in [-0.4, -0.2) is 20.9 Å². The van der Waals surface area contributed by atoms with Crippen LogP contribution in [0.2, 0.25) is 0 Å². The molecular weight excluding hydrogens is 225 g/mol. The van der Waals surface area contributed by atoms with Crippen LogP contribution in [0.15, 0.2) is 6.20 Å². The van der Waals surface area contributed by atoms with E-state index in [4.69, 9.17) is 5.11 Å². The van der Waals surface area contributed by atoms with E-state index < -0.39 is 23.4 Å². The second-order valence-electron chi connectivity index (χ2n) is 3.81. The molecule has 1 aromatic heterocycles. The van der Waals surface area contributed by atoms with E-state index in [2.05, 4.69) is 5.10 Å². The summed E-state index contributed by atoms with van der Waals surface area (Å²) < 4.78 is 38.3. The number of aromatic carboxylic acids is 1. The molecule has 0 saturated heterocycles. The quantitative estimate of drug-likeness (QED) is 0.875. The molecule has 4 nitrogen and oxygen atoms in total. The van der Waals surface area contributed by atoms with Gasteiger partial charge in [0, 0.05) is 12.7 Å². The average molecular weight is 236 g/mol. The van der Waals surface area contributed by atoms with E-state index in [9.17, 15) is 18.0 Å². The molecule has 0 aliphatic heterocycles. The molecule has 7 heteroatoms. The third kappa shape index (κ3) is 2.74. The first-order valence-electron chi connectivity index (χ1n) is 4.59. The lowest BCUT2D eigenvalue weighted by Gasteiger charge is -2.04. The summed E-state index contributed by atoms with van der Waals surface area (Å²) >= 11 is 0. The van der Waals surface area contributed by atoms with Crippen molar-refractivity contribution in [2.24, 2.45) is 5.92 Å². The van der Waals surface area contributed by atoms with Crippen molar-refractivity contribution in [3.8, 4) is 0 Å². The zero-order chi connectivity index (χ0) is 12.5. The lowest BCUT2D eigenvalue weighted by molar-refractivity contribution is -0.142. The van der Waals surface area contributed by atoms with E-state index in [1.807, 2.05) is 0 Å². The summed E-state index contributed by atoms with van der Waals surface area (Å²) in [5.41, 5.74) is -2.16. The van der Waals surface area contributed by atoms with Crippen molar-refractivity contribution in [1.82, 2.24) is 9.78 Å². The van der Waals surface area contributed by atoms with Crippen molar-refractivity contribution in [2.45, 2.75) is 26.6 Å². The van der Waals surface area contributed by atoms with Crippen LogP contribution in [0.25, 0.3) is 0 Å². The summed E-state index contributed by atoms with van der Waals surface area (Å²) in [6.45, 7) is 3.85. The first kappa shape index (κ1) is 12.5. The molecule has 1 heterocycles. The van der Waals surface area contributed by atoms with Gasteiger partial charge in [0.05, 0.1) is 0 Å². The number of carboxylic acids is 1. The highest BCUT2D eigenvalue weighted by atomic mass is 19.4. The van der Waals surface area contributed by atoms with Crippen LogP contribution in [0.5, 0.6) is 0 Å². The van der Waals surface area contributed by atoms with E-state index in [1.54, 1.807) is 13.8 Å². The Morgan fingerprint density at radius 3 is 2.44 bits per heavy atom. The molecule has 0 aliphatic carbocycles. The van der Waals surface area contributed by atoms with Gasteiger partial charge in [-0.25, -0.2) is 4.79 Å². The van der Waals surface area contributed by atoms with Crippen molar-refractivity contribution in [1.29, 1.82) is 0 Å². The van der Waals surface area contributed by atoms with Gasteiger partial charge in [-0.2, -0.15) is 18.3 Å². The Morgan fingerprint density at radius 2 is 2.12 bits per heavy atom. The molecule has 0 fully saturated rings. The van der Waals surface area contributed by atoms with Crippen LogP contribution in [-0.2, 0) is 12.7 Å². The van der Waals surface area contributed by atoms with Crippen molar-refractivity contribution in [3.05, 3.63) is 17.5 Å². The predicted molar refractivity (Wildman–Crippen MR) is 49.0 cm³/mol. The number of aromatic nitrogens is 2. The molecule has 0 radical (unpaired) electrons. The minimum atomic E-state index is -4.74. The average Bonchev–Trinajstić information content (AvgIpc) is 2.45. The SMILES string of the molecule is CC(C)Cn1cc(C(=O)O)c(C(F)(F)F)n1. The van der Waals surface area contributed by atoms with Crippen LogP contribution in [0.3, 0.4) is 0 Å². The highest BCUT2D eigenvalue weighted by Crippen LogP contribution is 2.30. The summed E-state index contributed by atoms with van der Waals surface area (Å²) in [5, 5.41) is 11.9. The molecule has 0 unspecified atom stereocenters. The van der Waals surface area contributed by atoms with Crippen LogP contribution in [0, 0.1) is 5.92 Å². The smallest absolute Gasteiger partial charge is 0.436 e. The van der Waals surface area contributed by atoms with Crippen molar-refractivity contribution in [3.63, 3.8) is 0 Å². The van der Waals surface area contributed by atoms with Gasteiger partial charge < -0.3 is 5.11 Å². The highest BCUT2D eigenvalue weighted by Gasteiger charge is 2.39. The van der Waals surface area contributed by atoms with Gasteiger partial charge in [-0.3, -0.25) is 4.68 Å². The maximum absolute atomic E-state index is 12.4. The summed E-state index contributed by atoms with van der Waals surface area (Å²) in [6.07, 6.45) is -3.83. The fourth-order valence-corrected chi connectivity index (χ4v) is 1.25. The fourth-order valence-electron chi connectivity index (χ4n) is 1.25. The maximum atomic E-state index is 12.4. The third-order valence-electron chi connectivity index (χ3n) is 1.81. The Kier molecular flexibility index (Phi) is 3.25. The number of rotatable bonds is 3. The first-order chi connectivity index (χ1) is 7.21. The topological polar surface area (TPSA) is 55.1 Å². The summed E-state index contributed by atoms with van der Waals surface area (Å²) in [4.78, 5) is 10.6. The number of alkyl halides is 3. The molecule has 0 saturated carbocycles. The van der Waals surface area contributed by atoms with Gasteiger partial charge in [0.15, 0.2) is 5.69 Å². The monoisotopic (exact) mass is 236 g/mol. The minimum Gasteiger partial charge on any atom is -0.478 e. The van der Waals surface area contributed by atoms with E-state index in [0.29, 0.717) is 0 Å². The van der Waals surface area contributed by atoms with Crippen molar-refractivity contribution >= 4 is 5.97 Å². The zero-order valence-corrected chi connectivity index (χ0v) is 8.75. The van der Waals surface area contributed by atoms with Gasteiger partial charge in [-0.05, 0) is 5.92 Å². The Labute approximate surface area is 89.7 Å². The van der Waals surface area contributed by atoms with Crippen LogP contribution in [0.4, 0.5) is 13.2 Å². The van der Waals surface area contributed by atoms with Gasteiger partial charge in [0.25, 0.3) is 0 Å². The fraction of sp³-hybridized carbons (Fsp3) is 0.556. The molecule has 0 bridgehead atoms. The zero-order valence-electron chi connectivity index (χ0n) is 8.75. The number of nitrogens with zero attached hydrogens (tertiary/aromatic N) is 2. The molecule has 0 aromatic carbocycles. The number of carbonyl (C=O) groups is 1. The van der Waals surface area contributed by atoms with Crippen LogP contribution >= 0.6 is 0 Å². The third-order valence-corrected chi connectivity index (χ3v) is 1.81. The standard InChI is InChI=1S/C9H11F3N2O2/c1-5(2)3-14-4-6(8(15)16)7(13-14)9(10,11)12/h4-5H,3H2,1-2H3,(H,15,16). The lowest BCUT2D eigenvalue weighted by Crippen LogP contribution is -2.12. The van der Waals surface area contributed by atoms with E-state index in [-0.39, 0.29) is 12.5 Å². The highest BCUT2D eigenvalue weighted by molar-refractivity contribution is 5.88. The van der Waals surface area contributed by atoms with Gasteiger partial charge in [-0.15, -0.1) is 0 Å². The minimum absolute atomic E-state index is 0.0858. The van der Waals surface area contributed by atoms with Gasteiger partial charge >= 0.3 is 12.1 Å². The second-order valence-corrected chi connectivity index (χ2v) is 3.81. The molecule has 0 aliphatic rings. The van der Waals surface area contributed by atoms with Crippen molar-refractivity contribution in [2.75, 3.05) is 0 Å². The van der Waals surface area contributed by atoms with Gasteiger partial charge in [0.1, 0.15) is 5.56 Å². The van der Waals surface area contributed by atoms with E-state index >= 15 is 0 Å². The molecule has 0 amide bonds. The van der Waals surface area contributed by atoms with E-state index in [1.165, 1.54) is 0 Å². The number of hydrogen-bond acceptors (Lipinski definition) is 2. The lowest BCUT2D eigenvalue weighted by atomic mass is 10.2. The van der Waals surface area contributed by atoms with Gasteiger partial charge in [0.2, 0.25) is 0 Å². The summed E-state index contributed by atoms with van der Waals surface area (Å²) in [7, 11) is 0. The number of carboxylic acid groups (broad SMARTS) is 1. The van der Waals surface area contributed by atoms with Crippen LogP contribution in [0.1, 0.15) is 29.9 Å². The molecule has 1 rings (SSSR count). The summed E-state index contributed by atoms with van der Waals surface area (Å²) in [5.74, 6) is -1.54. The number of halogens is 3. The molecule has 1 N–H and O–H groups in total. The Morgan fingerprint density at radius 1 is 1.56 bits per heavy atom. The first-order valence-corrected chi connectivity index (χ1v) is 4.59. The molecule has 1 aromatic rings. The maximum Gasteiger partial charge on any atom is 0.436 e. The van der Waals surface area contributed by atoms with Gasteiger partial charge in [-0.1, -0.05) is 13.8 Å². The van der Waals surface area contributed by atoms with Crippen molar-refractivity contribution < 1.29 is 23.1 Å². The molecular formula is C9H11F3N2O2. The molecule has 16 heavy (non-hydrogen) atoms. The number of hydrogen-bond donors (Lipinski definition) is 1. The molecule has 0 spiro atoms. The Balaban J connectivity index is 3.16. The van der Waals surface area contributed by atoms with Crippen LogP contribution < -0.4 is 0 Å². The normalized spacial score (nSPS) is 12.1. The largest absolute Gasteiger partial charge is 0.478 e. The van der Waals surface area contributed by atoms with E-state index in [0.717, 1.165) is 10.9 Å². The Hall–Kier alpha value is -1.53. The Bertz CT molecular complexity index is 396. The molecule has 90 valence electrons. The predicted octanol–water partition coefficient (Wildman–Crippen LogP) is 2.26.